The highest BCUT2D eigenvalue weighted by atomic mass is 16.2. The maximum atomic E-state index is 12.2. The van der Waals surface area contributed by atoms with Gasteiger partial charge < -0.3 is 14.7 Å². The van der Waals surface area contributed by atoms with Crippen molar-refractivity contribution in [1.29, 1.82) is 0 Å². The number of piperidine rings is 1. The summed E-state index contributed by atoms with van der Waals surface area (Å²) in [5.41, 5.74) is 1.02. The quantitative estimate of drug-likeness (QED) is 0.839. The van der Waals surface area contributed by atoms with Crippen molar-refractivity contribution in [2.45, 2.75) is 46.5 Å². The minimum Gasteiger partial charge on any atom is -0.356 e. The molecule has 1 aromatic heterocycles. The largest absolute Gasteiger partial charge is 0.356 e. The first-order valence-corrected chi connectivity index (χ1v) is 9.66. The zero-order valence-electron chi connectivity index (χ0n) is 15.9. The standard InChI is InChI=1S/C19H31N5O/c1-15(2)13-18(25)23-9-11-24(12-10-23)19-20-16(3)14-17(21-19)22-7-5-4-6-8-22/h14-15H,4-13H2,1-3H3. The molecule has 1 amide bonds. The molecule has 6 heteroatoms. The Bertz CT molecular complexity index is 589. The molecule has 3 heterocycles. The molecule has 0 unspecified atom stereocenters. The van der Waals surface area contributed by atoms with E-state index in [0.717, 1.165) is 56.7 Å². The van der Waals surface area contributed by atoms with Gasteiger partial charge in [0.05, 0.1) is 0 Å². The van der Waals surface area contributed by atoms with Crippen molar-refractivity contribution >= 4 is 17.7 Å². The lowest BCUT2D eigenvalue weighted by Gasteiger charge is -2.36. The molecule has 2 fully saturated rings. The van der Waals surface area contributed by atoms with Crippen LogP contribution in [0.3, 0.4) is 0 Å². The summed E-state index contributed by atoms with van der Waals surface area (Å²) in [6, 6.07) is 2.09. The number of anilines is 2. The predicted molar refractivity (Wildman–Crippen MR) is 101 cm³/mol. The van der Waals surface area contributed by atoms with Crippen LogP contribution in [0.15, 0.2) is 6.07 Å². The first-order valence-electron chi connectivity index (χ1n) is 9.66. The zero-order valence-corrected chi connectivity index (χ0v) is 15.9. The van der Waals surface area contributed by atoms with Gasteiger partial charge in [0.15, 0.2) is 0 Å². The molecular formula is C19H31N5O. The topological polar surface area (TPSA) is 52.6 Å². The molecule has 0 N–H and O–H groups in total. The highest BCUT2D eigenvalue weighted by molar-refractivity contribution is 5.76. The number of aryl methyl sites for hydroxylation is 1. The van der Waals surface area contributed by atoms with Crippen LogP contribution < -0.4 is 9.80 Å². The molecule has 25 heavy (non-hydrogen) atoms. The summed E-state index contributed by atoms with van der Waals surface area (Å²) in [5.74, 6) is 2.56. The minimum absolute atomic E-state index is 0.272. The average molecular weight is 345 g/mol. The van der Waals surface area contributed by atoms with Crippen LogP contribution in [0.4, 0.5) is 11.8 Å². The number of hydrogen-bond acceptors (Lipinski definition) is 5. The van der Waals surface area contributed by atoms with Gasteiger partial charge in [-0.25, -0.2) is 4.98 Å². The zero-order chi connectivity index (χ0) is 17.8. The normalized spacial score (nSPS) is 18.8. The van der Waals surface area contributed by atoms with E-state index < -0.39 is 0 Å². The molecule has 1 aromatic rings. The molecule has 6 nitrogen and oxygen atoms in total. The Morgan fingerprint density at radius 1 is 1.00 bits per heavy atom. The van der Waals surface area contributed by atoms with E-state index in [9.17, 15) is 4.79 Å². The molecule has 2 saturated heterocycles. The summed E-state index contributed by atoms with van der Waals surface area (Å²) in [6.45, 7) is 11.6. The monoisotopic (exact) mass is 345 g/mol. The molecule has 3 rings (SSSR count). The Kier molecular flexibility index (Phi) is 5.76. The third kappa shape index (κ3) is 4.61. The van der Waals surface area contributed by atoms with Crippen LogP contribution in [0.2, 0.25) is 0 Å². The molecule has 0 aromatic carbocycles. The fraction of sp³-hybridized carbons (Fsp3) is 0.737. The lowest BCUT2D eigenvalue weighted by molar-refractivity contribution is -0.132. The number of rotatable bonds is 4. The van der Waals surface area contributed by atoms with Crippen molar-refractivity contribution in [3.8, 4) is 0 Å². The van der Waals surface area contributed by atoms with E-state index in [-0.39, 0.29) is 5.91 Å². The summed E-state index contributed by atoms with van der Waals surface area (Å²) < 4.78 is 0. The van der Waals surface area contributed by atoms with Gasteiger partial charge in [-0.15, -0.1) is 0 Å². The first kappa shape index (κ1) is 18.0. The number of carbonyl (C=O) groups excluding carboxylic acids is 1. The number of carbonyl (C=O) groups is 1. The lowest BCUT2D eigenvalue weighted by atomic mass is 10.1. The molecule has 0 spiro atoms. The summed E-state index contributed by atoms with van der Waals surface area (Å²) in [7, 11) is 0. The molecule has 0 radical (unpaired) electrons. The molecular weight excluding hydrogens is 314 g/mol. The van der Waals surface area contributed by atoms with Gasteiger partial charge in [0.25, 0.3) is 0 Å². The number of hydrogen-bond donors (Lipinski definition) is 0. The molecule has 2 aliphatic rings. The van der Waals surface area contributed by atoms with Gasteiger partial charge in [-0.2, -0.15) is 4.98 Å². The summed E-state index contributed by atoms with van der Waals surface area (Å²) in [6.07, 6.45) is 4.45. The van der Waals surface area contributed by atoms with Crippen LogP contribution in [0.5, 0.6) is 0 Å². The van der Waals surface area contributed by atoms with Crippen LogP contribution >= 0.6 is 0 Å². The van der Waals surface area contributed by atoms with Crippen LogP contribution in [0, 0.1) is 12.8 Å². The molecule has 0 bridgehead atoms. The van der Waals surface area contributed by atoms with Crippen LogP contribution in [0.25, 0.3) is 0 Å². The van der Waals surface area contributed by atoms with Gasteiger partial charge in [-0.1, -0.05) is 13.8 Å². The maximum absolute atomic E-state index is 12.2. The van der Waals surface area contributed by atoms with E-state index in [1.165, 1.54) is 19.3 Å². The van der Waals surface area contributed by atoms with E-state index in [4.69, 9.17) is 4.98 Å². The van der Waals surface area contributed by atoms with Gasteiger partial charge >= 0.3 is 0 Å². The second-order valence-corrected chi connectivity index (χ2v) is 7.68. The number of amides is 1. The molecule has 138 valence electrons. The second-order valence-electron chi connectivity index (χ2n) is 7.68. The highest BCUT2D eigenvalue weighted by Crippen LogP contribution is 2.22. The average Bonchev–Trinajstić information content (AvgIpc) is 2.61. The Balaban J connectivity index is 1.64. The smallest absolute Gasteiger partial charge is 0.227 e. The second kappa shape index (κ2) is 8.02. The molecule has 0 aliphatic carbocycles. The van der Waals surface area contributed by atoms with Crippen molar-refractivity contribution in [2.24, 2.45) is 5.92 Å². The van der Waals surface area contributed by atoms with Gasteiger partial charge in [-0.05, 0) is 32.1 Å². The number of nitrogens with zero attached hydrogens (tertiary/aromatic N) is 5. The van der Waals surface area contributed by atoms with Gasteiger partial charge in [-0.3, -0.25) is 4.79 Å². The van der Waals surface area contributed by atoms with E-state index >= 15 is 0 Å². The Labute approximate surface area is 151 Å². The molecule has 0 atom stereocenters. The fourth-order valence-corrected chi connectivity index (χ4v) is 3.60. The third-order valence-corrected chi connectivity index (χ3v) is 5.01. The van der Waals surface area contributed by atoms with Gasteiger partial charge in [0.2, 0.25) is 11.9 Å². The van der Waals surface area contributed by atoms with Crippen molar-refractivity contribution in [2.75, 3.05) is 49.1 Å². The van der Waals surface area contributed by atoms with Crippen LogP contribution in [0.1, 0.15) is 45.2 Å². The minimum atomic E-state index is 0.272. The number of piperazine rings is 1. The van der Waals surface area contributed by atoms with Gasteiger partial charge in [0.1, 0.15) is 5.82 Å². The van der Waals surface area contributed by atoms with Crippen molar-refractivity contribution < 1.29 is 4.79 Å². The molecule has 2 aliphatic heterocycles. The molecule has 0 saturated carbocycles. The summed E-state index contributed by atoms with van der Waals surface area (Å²) >= 11 is 0. The SMILES string of the molecule is Cc1cc(N2CCCCC2)nc(N2CCN(C(=O)CC(C)C)CC2)n1. The number of aromatic nitrogens is 2. The highest BCUT2D eigenvalue weighted by Gasteiger charge is 2.24. The van der Waals surface area contributed by atoms with Crippen molar-refractivity contribution in [3.05, 3.63) is 11.8 Å². The first-order chi connectivity index (χ1) is 12.0. The van der Waals surface area contributed by atoms with Crippen molar-refractivity contribution in [1.82, 2.24) is 14.9 Å². The van der Waals surface area contributed by atoms with E-state index in [1.807, 2.05) is 11.8 Å². The Hall–Kier alpha value is -1.85. The van der Waals surface area contributed by atoms with Crippen LogP contribution in [-0.4, -0.2) is 60.0 Å². The van der Waals surface area contributed by atoms with Crippen molar-refractivity contribution in [3.63, 3.8) is 0 Å². The predicted octanol–water partition coefficient (Wildman–Crippen LogP) is 2.47. The third-order valence-electron chi connectivity index (χ3n) is 5.01. The Morgan fingerprint density at radius 3 is 2.32 bits per heavy atom. The summed E-state index contributed by atoms with van der Waals surface area (Å²) in [5, 5.41) is 0. The van der Waals surface area contributed by atoms with Crippen LogP contribution in [-0.2, 0) is 4.79 Å². The maximum Gasteiger partial charge on any atom is 0.227 e. The van der Waals surface area contributed by atoms with E-state index in [2.05, 4.69) is 34.7 Å². The summed E-state index contributed by atoms with van der Waals surface area (Å²) in [4.78, 5) is 28.3. The Morgan fingerprint density at radius 2 is 1.68 bits per heavy atom. The van der Waals surface area contributed by atoms with E-state index in [0.29, 0.717) is 12.3 Å². The van der Waals surface area contributed by atoms with E-state index in [1.54, 1.807) is 0 Å². The van der Waals surface area contributed by atoms with Gasteiger partial charge in [0, 0.05) is 57.4 Å². The fourth-order valence-electron chi connectivity index (χ4n) is 3.60. The lowest BCUT2D eigenvalue weighted by Crippen LogP contribution is -2.49.